The maximum Gasteiger partial charge on any atom is 0.238 e. The Morgan fingerprint density at radius 3 is 2.31 bits per heavy atom. The fourth-order valence-corrected chi connectivity index (χ4v) is 2.96. The number of nitrogens with zero attached hydrogens (tertiary/aromatic N) is 1. The first-order valence-corrected chi connectivity index (χ1v) is 9.82. The molecule has 0 saturated carbocycles. The van der Waals surface area contributed by atoms with Crippen LogP contribution in [-0.2, 0) is 27.8 Å². The Morgan fingerprint density at radius 1 is 1.04 bits per heavy atom. The number of benzene rings is 1. The maximum absolute atomic E-state index is 11.8. The summed E-state index contributed by atoms with van der Waals surface area (Å²) in [5.74, 6) is 0.0409. The minimum Gasteiger partial charge on any atom is -1.00 e. The molecule has 3 N–H and O–H groups in total. The van der Waals surface area contributed by atoms with Crippen molar-refractivity contribution < 1.29 is 34.8 Å². The number of hydrogen-bond donors (Lipinski definition) is 2. The highest BCUT2D eigenvalue weighted by atomic mass is 79.9. The summed E-state index contributed by atoms with van der Waals surface area (Å²) in [6, 6.07) is 12.3. The summed E-state index contributed by atoms with van der Waals surface area (Å²) < 4.78 is 24.5. The molecule has 2 rings (SSSR count). The number of nitrogens with one attached hydrogen (secondary N) is 1. The highest BCUT2D eigenvalue weighted by Crippen LogP contribution is 2.09. The van der Waals surface area contributed by atoms with Crippen molar-refractivity contribution in [3.8, 4) is 0 Å². The van der Waals surface area contributed by atoms with Gasteiger partial charge < -0.3 is 22.3 Å². The standard InChI is InChI=1S/C18H23N3O3S.BrH/c19-25(23,24)17-9-7-16(8-10-17)11-12-20-18(22)6-2-5-15-21-13-3-1-4-14-21;/h1,3-4,7-10,13-14H,2,5-6,11-12,15H2,(H2-,19,20,22,23,24);1H. The fourth-order valence-electron chi connectivity index (χ4n) is 2.44. The van der Waals surface area contributed by atoms with Gasteiger partial charge in [0, 0.05) is 31.5 Å². The van der Waals surface area contributed by atoms with Crippen molar-refractivity contribution in [3.63, 3.8) is 0 Å². The predicted octanol–water partition coefficient (Wildman–Crippen LogP) is -1.85. The molecular formula is C18H24BrN3O3S. The number of aryl methyl sites for hydroxylation is 1. The maximum atomic E-state index is 11.8. The first-order valence-electron chi connectivity index (χ1n) is 8.28. The summed E-state index contributed by atoms with van der Waals surface area (Å²) in [5.41, 5.74) is 0.952. The van der Waals surface area contributed by atoms with Crippen molar-refractivity contribution in [3.05, 3.63) is 60.4 Å². The van der Waals surface area contributed by atoms with Gasteiger partial charge in [-0.1, -0.05) is 18.2 Å². The fraction of sp³-hybridized carbons (Fsp3) is 0.333. The molecule has 1 amide bonds. The number of aromatic nitrogens is 1. The Morgan fingerprint density at radius 2 is 1.69 bits per heavy atom. The molecule has 0 atom stereocenters. The van der Waals surface area contributed by atoms with Crippen molar-refractivity contribution in [1.29, 1.82) is 0 Å². The van der Waals surface area contributed by atoms with Gasteiger partial charge in [0.15, 0.2) is 12.4 Å². The van der Waals surface area contributed by atoms with Crippen LogP contribution in [0.1, 0.15) is 24.8 Å². The van der Waals surface area contributed by atoms with Gasteiger partial charge in [-0.25, -0.2) is 18.1 Å². The van der Waals surface area contributed by atoms with Crippen molar-refractivity contribution in [2.24, 2.45) is 5.14 Å². The lowest BCUT2D eigenvalue weighted by Gasteiger charge is -2.06. The molecule has 26 heavy (non-hydrogen) atoms. The van der Waals surface area contributed by atoms with Gasteiger partial charge in [0.25, 0.3) is 0 Å². The van der Waals surface area contributed by atoms with E-state index in [4.69, 9.17) is 5.14 Å². The molecule has 1 aromatic carbocycles. The average Bonchev–Trinajstić information content (AvgIpc) is 2.59. The van der Waals surface area contributed by atoms with E-state index in [2.05, 4.69) is 9.88 Å². The van der Waals surface area contributed by atoms with Crippen molar-refractivity contribution in [2.45, 2.75) is 37.1 Å². The SMILES string of the molecule is NS(=O)(=O)c1ccc(CCNC(=O)CCCC[n+]2ccccc2)cc1.[Br-]. The lowest BCUT2D eigenvalue weighted by atomic mass is 10.1. The zero-order valence-corrected chi connectivity index (χ0v) is 16.9. The van der Waals surface area contributed by atoms with Crippen LogP contribution in [0.5, 0.6) is 0 Å². The minimum absolute atomic E-state index is 0. The number of unbranched alkanes of at least 4 members (excludes halogenated alkanes) is 1. The number of hydrogen-bond acceptors (Lipinski definition) is 3. The minimum atomic E-state index is -3.66. The van der Waals surface area contributed by atoms with Crippen molar-refractivity contribution in [2.75, 3.05) is 6.54 Å². The number of amides is 1. The summed E-state index contributed by atoms with van der Waals surface area (Å²) in [4.78, 5) is 11.9. The van der Waals surface area contributed by atoms with E-state index in [9.17, 15) is 13.2 Å². The summed E-state index contributed by atoms with van der Waals surface area (Å²) in [6.07, 6.45) is 6.99. The first-order chi connectivity index (χ1) is 11.9. The molecular weight excluding hydrogens is 418 g/mol. The van der Waals surface area contributed by atoms with Crippen molar-refractivity contribution >= 4 is 15.9 Å². The molecule has 0 aliphatic carbocycles. The molecule has 0 aliphatic rings. The third kappa shape index (κ3) is 8.07. The number of carbonyl (C=O) groups excluding carboxylic acids is 1. The quantitative estimate of drug-likeness (QED) is 0.353. The Labute approximate surface area is 165 Å². The number of sulfonamides is 1. The third-order valence-electron chi connectivity index (χ3n) is 3.84. The molecule has 0 unspecified atom stereocenters. The Bertz CT molecular complexity index is 781. The lowest BCUT2D eigenvalue weighted by molar-refractivity contribution is -0.697. The van der Waals surface area contributed by atoms with E-state index in [0.717, 1.165) is 24.9 Å². The molecule has 0 saturated heterocycles. The zero-order valence-electron chi connectivity index (χ0n) is 14.5. The van der Waals surface area contributed by atoms with Gasteiger partial charge in [-0.15, -0.1) is 0 Å². The van der Waals surface area contributed by atoms with E-state index in [-0.39, 0.29) is 27.8 Å². The number of carbonyl (C=O) groups is 1. The van der Waals surface area contributed by atoms with Crippen LogP contribution >= 0.6 is 0 Å². The van der Waals surface area contributed by atoms with E-state index in [1.807, 2.05) is 30.6 Å². The molecule has 1 aromatic heterocycles. The lowest BCUT2D eigenvalue weighted by Crippen LogP contribution is -3.00. The van der Waals surface area contributed by atoms with Gasteiger partial charge in [0.1, 0.15) is 6.54 Å². The molecule has 8 heteroatoms. The second-order valence-electron chi connectivity index (χ2n) is 5.86. The largest absolute Gasteiger partial charge is 1.00 e. The highest BCUT2D eigenvalue weighted by Gasteiger charge is 2.07. The molecule has 0 spiro atoms. The molecule has 0 bridgehead atoms. The smallest absolute Gasteiger partial charge is 0.238 e. The molecule has 6 nitrogen and oxygen atoms in total. The summed E-state index contributed by atoms with van der Waals surface area (Å²) >= 11 is 0. The number of halogens is 1. The van der Waals surface area contributed by atoms with Crippen LogP contribution in [0.25, 0.3) is 0 Å². The van der Waals surface area contributed by atoms with E-state index >= 15 is 0 Å². The van der Waals surface area contributed by atoms with Gasteiger partial charge in [0.05, 0.1) is 4.90 Å². The topological polar surface area (TPSA) is 93.1 Å². The van der Waals surface area contributed by atoms with Gasteiger partial charge in [-0.05, 0) is 30.5 Å². The van der Waals surface area contributed by atoms with Crippen molar-refractivity contribution in [1.82, 2.24) is 5.32 Å². The molecule has 1 heterocycles. The normalized spacial score (nSPS) is 10.8. The van der Waals surface area contributed by atoms with Crippen LogP contribution < -0.4 is 32.0 Å². The monoisotopic (exact) mass is 441 g/mol. The van der Waals surface area contributed by atoms with Crippen LogP contribution in [-0.4, -0.2) is 20.9 Å². The van der Waals surface area contributed by atoms with Gasteiger partial charge in [0.2, 0.25) is 15.9 Å². The van der Waals surface area contributed by atoms with Crippen LogP contribution in [0, 0.1) is 0 Å². The van der Waals surface area contributed by atoms with E-state index < -0.39 is 10.0 Å². The number of primary sulfonamides is 1. The second-order valence-corrected chi connectivity index (χ2v) is 7.42. The number of nitrogens with two attached hydrogens (primary N) is 1. The molecule has 0 aliphatic heterocycles. The predicted molar refractivity (Wildman–Crippen MR) is 95.0 cm³/mol. The van der Waals surface area contributed by atoms with E-state index in [0.29, 0.717) is 19.4 Å². The summed E-state index contributed by atoms with van der Waals surface area (Å²) in [5, 5.41) is 7.94. The zero-order chi connectivity index (χ0) is 18.1. The Balaban J connectivity index is 0.00000338. The van der Waals surface area contributed by atoms with Crippen LogP contribution in [0.4, 0.5) is 0 Å². The number of rotatable bonds is 9. The van der Waals surface area contributed by atoms with Gasteiger partial charge >= 0.3 is 0 Å². The molecule has 2 aromatic rings. The molecule has 142 valence electrons. The molecule has 0 radical (unpaired) electrons. The second kappa shape index (κ2) is 11.1. The average molecular weight is 442 g/mol. The van der Waals surface area contributed by atoms with Crippen LogP contribution in [0.15, 0.2) is 59.8 Å². The number of pyridine rings is 1. The van der Waals surface area contributed by atoms with Crippen LogP contribution in [0.2, 0.25) is 0 Å². The van der Waals surface area contributed by atoms with E-state index in [1.165, 1.54) is 12.1 Å². The van der Waals surface area contributed by atoms with Gasteiger partial charge in [-0.3, -0.25) is 4.79 Å². The third-order valence-corrected chi connectivity index (χ3v) is 4.76. The Kier molecular flexibility index (Phi) is 9.47. The summed E-state index contributed by atoms with van der Waals surface area (Å²) in [7, 11) is -3.66. The first kappa shape index (κ1) is 22.3. The van der Waals surface area contributed by atoms with Crippen LogP contribution in [0.3, 0.4) is 0 Å². The van der Waals surface area contributed by atoms with E-state index in [1.54, 1.807) is 12.1 Å². The Hall–Kier alpha value is -1.77. The van der Waals surface area contributed by atoms with Gasteiger partial charge in [-0.2, -0.15) is 0 Å². The highest BCUT2D eigenvalue weighted by molar-refractivity contribution is 7.89. The summed E-state index contributed by atoms with van der Waals surface area (Å²) in [6.45, 7) is 1.44. The molecule has 0 fully saturated rings.